The lowest BCUT2D eigenvalue weighted by Crippen LogP contribution is -2.18. The summed E-state index contributed by atoms with van der Waals surface area (Å²) in [4.78, 5) is 7.45. The molecule has 0 aromatic carbocycles. The zero-order valence-electron chi connectivity index (χ0n) is 13.2. The molecular formula is C16H19N5O2S. The van der Waals surface area contributed by atoms with Crippen LogP contribution in [0.15, 0.2) is 18.5 Å². The smallest absolute Gasteiger partial charge is 0.179 e. The number of aromatic nitrogens is 5. The van der Waals surface area contributed by atoms with E-state index in [4.69, 9.17) is 0 Å². The minimum Gasteiger partial charge on any atom is -0.345 e. The van der Waals surface area contributed by atoms with Gasteiger partial charge in [-0.2, -0.15) is 0 Å². The molecule has 0 bridgehead atoms. The lowest BCUT2D eigenvalue weighted by molar-refractivity contribution is 0.549. The third kappa shape index (κ3) is 2.23. The quantitative estimate of drug-likeness (QED) is 0.781. The molecule has 0 saturated heterocycles. The lowest BCUT2D eigenvalue weighted by atomic mass is 10.1. The molecule has 126 valence electrons. The summed E-state index contributed by atoms with van der Waals surface area (Å²) in [5, 5.41) is 8.58. The van der Waals surface area contributed by atoms with Crippen LogP contribution < -0.4 is 0 Å². The van der Waals surface area contributed by atoms with E-state index in [0.717, 1.165) is 54.7 Å². The summed E-state index contributed by atoms with van der Waals surface area (Å²) in [6, 6.07) is 1.98. The maximum atomic E-state index is 12.2. The number of aromatic amines is 1. The number of nitrogens with one attached hydrogen (secondary N) is 1. The molecule has 8 heteroatoms. The van der Waals surface area contributed by atoms with Crippen molar-refractivity contribution in [2.75, 3.05) is 5.75 Å². The average molecular weight is 345 g/mol. The van der Waals surface area contributed by atoms with Gasteiger partial charge in [0.05, 0.1) is 22.7 Å². The van der Waals surface area contributed by atoms with E-state index >= 15 is 0 Å². The van der Waals surface area contributed by atoms with Crippen molar-refractivity contribution in [1.82, 2.24) is 24.6 Å². The van der Waals surface area contributed by atoms with Crippen molar-refractivity contribution in [3.05, 3.63) is 24.3 Å². The second kappa shape index (κ2) is 5.02. The summed E-state index contributed by atoms with van der Waals surface area (Å²) in [5.41, 5.74) is 2.53. The average Bonchev–Trinajstić information content (AvgIpc) is 2.96. The largest absolute Gasteiger partial charge is 0.345 e. The molecule has 3 aromatic rings. The zero-order chi connectivity index (χ0) is 16.3. The fraction of sp³-hybridized carbons (Fsp3) is 0.562. The Morgan fingerprint density at radius 2 is 2.08 bits per heavy atom. The second-order valence-corrected chi connectivity index (χ2v) is 9.45. The molecule has 0 spiro atoms. The van der Waals surface area contributed by atoms with Crippen LogP contribution in [0.25, 0.3) is 16.8 Å². The summed E-state index contributed by atoms with van der Waals surface area (Å²) in [6.45, 7) is 0. The number of rotatable bonds is 4. The summed E-state index contributed by atoms with van der Waals surface area (Å²) >= 11 is 0. The Morgan fingerprint density at radius 1 is 1.21 bits per heavy atom. The number of hydrogen-bond acceptors (Lipinski definition) is 5. The first-order chi connectivity index (χ1) is 11.6. The monoisotopic (exact) mass is 345 g/mol. The van der Waals surface area contributed by atoms with Gasteiger partial charge in [-0.3, -0.25) is 4.40 Å². The SMILES string of the molecule is O=S(=O)(C[C@@H]1CC[C@H](c2nnc3cnc4[nH]ccc4n23)C1)C1CC1. The summed E-state index contributed by atoms with van der Waals surface area (Å²) in [6.07, 6.45) is 8.09. The standard InChI is InChI=1S/C16H19N5O2S/c22-24(23,12-3-4-12)9-10-1-2-11(7-10)16-20-19-14-8-18-15-13(21(14)16)5-6-17-15/h5-6,8,10-12,17H,1-4,7,9H2/t10-,11+/m1/s1. The lowest BCUT2D eigenvalue weighted by Gasteiger charge is -2.11. The van der Waals surface area contributed by atoms with E-state index in [2.05, 4.69) is 24.6 Å². The minimum atomic E-state index is -2.89. The predicted octanol–water partition coefficient (Wildman–Crippen LogP) is 2.07. The predicted molar refractivity (Wildman–Crippen MR) is 89.5 cm³/mol. The molecule has 2 atom stereocenters. The Hall–Kier alpha value is -1.96. The van der Waals surface area contributed by atoms with E-state index in [0.29, 0.717) is 5.75 Å². The van der Waals surface area contributed by atoms with Gasteiger partial charge < -0.3 is 4.98 Å². The minimum absolute atomic E-state index is 0.0592. The van der Waals surface area contributed by atoms with Crippen molar-refractivity contribution in [1.29, 1.82) is 0 Å². The molecule has 0 radical (unpaired) electrons. The van der Waals surface area contributed by atoms with Gasteiger partial charge in [-0.15, -0.1) is 10.2 Å². The Bertz CT molecular complexity index is 1020. The second-order valence-electron chi connectivity index (χ2n) is 7.13. The molecule has 5 rings (SSSR count). The van der Waals surface area contributed by atoms with Gasteiger partial charge in [0.1, 0.15) is 5.82 Å². The fourth-order valence-corrected chi connectivity index (χ4v) is 6.10. The zero-order valence-corrected chi connectivity index (χ0v) is 14.0. The molecule has 0 aliphatic heterocycles. The van der Waals surface area contributed by atoms with Crippen LogP contribution in [0.2, 0.25) is 0 Å². The van der Waals surface area contributed by atoms with Crippen molar-refractivity contribution in [3.63, 3.8) is 0 Å². The van der Waals surface area contributed by atoms with Crippen LogP contribution in [0.1, 0.15) is 43.8 Å². The van der Waals surface area contributed by atoms with Gasteiger partial charge >= 0.3 is 0 Å². The molecule has 2 fully saturated rings. The van der Waals surface area contributed by atoms with Crippen LogP contribution in [0.3, 0.4) is 0 Å². The first-order valence-corrected chi connectivity index (χ1v) is 10.2. The highest BCUT2D eigenvalue weighted by atomic mass is 32.2. The van der Waals surface area contributed by atoms with Crippen LogP contribution in [0.5, 0.6) is 0 Å². The van der Waals surface area contributed by atoms with Crippen LogP contribution in [-0.2, 0) is 9.84 Å². The molecule has 3 aromatic heterocycles. The molecule has 2 saturated carbocycles. The number of H-pyrrole nitrogens is 1. The first-order valence-electron chi connectivity index (χ1n) is 8.50. The van der Waals surface area contributed by atoms with Crippen molar-refractivity contribution >= 4 is 26.6 Å². The topological polar surface area (TPSA) is 93.0 Å². The van der Waals surface area contributed by atoms with Gasteiger partial charge in [-0.25, -0.2) is 13.4 Å². The number of nitrogens with zero attached hydrogens (tertiary/aromatic N) is 4. The van der Waals surface area contributed by atoms with Crippen molar-refractivity contribution in [3.8, 4) is 0 Å². The van der Waals surface area contributed by atoms with Crippen molar-refractivity contribution < 1.29 is 8.42 Å². The molecule has 24 heavy (non-hydrogen) atoms. The number of hydrogen-bond donors (Lipinski definition) is 1. The fourth-order valence-electron chi connectivity index (χ4n) is 4.02. The van der Waals surface area contributed by atoms with Gasteiger partial charge in [-0.05, 0) is 44.1 Å². The highest BCUT2D eigenvalue weighted by Crippen LogP contribution is 2.40. The Morgan fingerprint density at radius 3 is 2.92 bits per heavy atom. The van der Waals surface area contributed by atoms with Gasteiger partial charge in [0.2, 0.25) is 0 Å². The Labute approximate surface area is 139 Å². The van der Waals surface area contributed by atoms with E-state index in [9.17, 15) is 8.42 Å². The number of fused-ring (bicyclic) bond motifs is 3. The first kappa shape index (κ1) is 14.4. The third-order valence-electron chi connectivity index (χ3n) is 5.37. The third-order valence-corrected chi connectivity index (χ3v) is 7.80. The molecule has 1 N–H and O–H groups in total. The molecule has 2 aliphatic carbocycles. The van der Waals surface area contributed by atoms with Crippen LogP contribution >= 0.6 is 0 Å². The van der Waals surface area contributed by atoms with Gasteiger partial charge in [0.15, 0.2) is 21.1 Å². The van der Waals surface area contributed by atoms with Gasteiger partial charge in [0, 0.05) is 12.1 Å². The number of sulfone groups is 1. The van der Waals surface area contributed by atoms with E-state index in [1.54, 1.807) is 6.20 Å². The molecule has 0 amide bonds. The van der Waals surface area contributed by atoms with E-state index in [1.165, 1.54) is 0 Å². The van der Waals surface area contributed by atoms with Gasteiger partial charge in [-0.1, -0.05) is 0 Å². The van der Waals surface area contributed by atoms with Crippen molar-refractivity contribution in [2.45, 2.75) is 43.3 Å². The van der Waals surface area contributed by atoms with Crippen molar-refractivity contribution in [2.24, 2.45) is 5.92 Å². The van der Waals surface area contributed by atoms with Crippen LogP contribution in [-0.4, -0.2) is 44.0 Å². The maximum absolute atomic E-state index is 12.2. The van der Waals surface area contributed by atoms with E-state index in [1.807, 2.05) is 12.3 Å². The highest BCUT2D eigenvalue weighted by molar-refractivity contribution is 7.92. The highest BCUT2D eigenvalue weighted by Gasteiger charge is 2.39. The summed E-state index contributed by atoms with van der Waals surface area (Å²) < 4.78 is 26.6. The van der Waals surface area contributed by atoms with E-state index in [-0.39, 0.29) is 17.1 Å². The molecule has 2 aliphatic rings. The van der Waals surface area contributed by atoms with Crippen LogP contribution in [0.4, 0.5) is 0 Å². The molecular weight excluding hydrogens is 326 g/mol. The summed E-state index contributed by atoms with van der Waals surface area (Å²) in [5.74, 6) is 1.78. The molecule has 3 heterocycles. The van der Waals surface area contributed by atoms with E-state index < -0.39 is 9.84 Å². The molecule has 7 nitrogen and oxygen atoms in total. The van der Waals surface area contributed by atoms with Gasteiger partial charge in [0.25, 0.3) is 0 Å². The molecule has 0 unspecified atom stereocenters. The maximum Gasteiger partial charge on any atom is 0.179 e. The van der Waals surface area contributed by atoms with Crippen LogP contribution in [0, 0.1) is 5.92 Å². The Balaban J connectivity index is 1.45. The Kier molecular flexibility index (Phi) is 3.01. The summed E-state index contributed by atoms with van der Waals surface area (Å²) in [7, 11) is -2.89. The normalized spacial score (nSPS) is 25.0.